The first-order valence-electron chi connectivity index (χ1n) is 11.6. The number of hydrogen-bond donors (Lipinski definition) is 0. The van der Waals surface area contributed by atoms with Crippen LogP contribution in [-0.4, -0.2) is 45.5 Å². The molecule has 0 fully saturated rings. The van der Waals surface area contributed by atoms with Crippen molar-refractivity contribution in [2.75, 3.05) is 19.9 Å². The van der Waals surface area contributed by atoms with E-state index in [0.717, 1.165) is 34.3 Å². The number of nitrogens with zero attached hydrogens (tertiary/aromatic N) is 4. The lowest BCUT2D eigenvalue weighted by atomic mass is 10.1. The number of hydrogen-bond acceptors (Lipinski definition) is 5. The Balaban J connectivity index is 1.51. The van der Waals surface area contributed by atoms with Crippen LogP contribution in [0.5, 0.6) is 5.75 Å². The molecule has 0 aliphatic heterocycles. The largest absolute Gasteiger partial charge is 0.497 e. The van der Waals surface area contributed by atoms with Crippen LogP contribution in [0.3, 0.4) is 0 Å². The molecule has 0 saturated heterocycles. The third-order valence-corrected chi connectivity index (χ3v) is 7.06. The SMILES string of the molecule is COc1ccc(-c2nnc(SCC(=O)N(C)C(C)c3ccccc3)n2CCc2ccccc2)cc1. The van der Waals surface area contributed by atoms with Gasteiger partial charge in [0.05, 0.1) is 18.9 Å². The summed E-state index contributed by atoms with van der Waals surface area (Å²) in [7, 11) is 3.50. The normalized spacial score (nSPS) is 11.7. The quantitative estimate of drug-likeness (QED) is 0.277. The Morgan fingerprint density at radius 2 is 1.63 bits per heavy atom. The highest BCUT2D eigenvalue weighted by atomic mass is 32.2. The molecule has 1 aromatic heterocycles. The Morgan fingerprint density at radius 3 is 2.29 bits per heavy atom. The maximum absolute atomic E-state index is 13.0. The van der Waals surface area contributed by atoms with Gasteiger partial charge in [0.2, 0.25) is 5.91 Å². The van der Waals surface area contributed by atoms with E-state index in [2.05, 4.69) is 26.9 Å². The molecule has 180 valence electrons. The molecule has 1 heterocycles. The zero-order valence-electron chi connectivity index (χ0n) is 20.3. The summed E-state index contributed by atoms with van der Waals surface area (Å²) < 4.78 is 7.40. The molecule has 1 atom stereocenters. The van der Waals surface area contributed by atoms with E-state index in [-0.39, 0.29) is 11.9 Å². The zero-order valence-corrected chi connectivity index (χ0v) is 21.1. The molecule has 3 aromatic carbocycles. The van der Waals surface area contributed by atoms with Gasteiger partial charge >= 0.3 is 0 Å². The molecule has 35 heavy (non-hydrogen) atoms. The minimum atomic E-state index is -0.00453. The van der Waals surface area contributed by atoms with E-state index in [4.69, 9.17) is 4.74 Å². The fourth-order valence-electron chi connectivity index (χ4n) is 3.84. The molecule has 0 aliphatic rings. The van der Waals surface area contributed by atoms with E-state index < -0.39 is 0 Å². The molecule has 4 aromatic rings. The number of amides is 1. The van der Waals surface area contributed by atoms with Gasteiger partial charge in [0.15, 0.2) is 11.0 Å². The van der Waals surface area contributed by atoms with Crippen molar-refractivity contribution in [1.82, 2.24) is 19.7 Å². The van der Waals surface area contributed by atoms with Gasteiger partial charge in [-0.15, -0.1) is 10.2 Å². The van der Waals surface area contributed by atoms with Crippen molar-refractivity contribution in [3.05, 3.63) is 96.1 Å². The van der Waals surface area contributed by atoms with Crippen molar-refractivity contribution < 1.29 is 9.53 Å². The third kappa shape index (κ3) is 6.11. The summed E-state index contributed by atoms with van der Waals surface area (Å²) in [5, 5.41) is 9.68. The molecule has 4 rings (SSSR count). The second-order valence-corrected chi connectivity index (χ2v) is 9.24. The van der Waals surface area contributed by atoms with Crippen LogP contribution in [0.15, 0.2) is 90.1 Å². The van der Waals surface area contributed by atoms with Gasteiger partial charge < -0.3 is 14.2 Å². The molecule has 1 unspecified atom stereocenters. The van der Waals surface area contributed by atoms with Gasteiger partial charge in [0.25, 0.3) is 0 Å². The van der Waals surface area contributed by atoms with E-state index in [9.17, 15) is 4.79 Å². The molecule has 0 aliphatic carbocycles. The number of carbonyl (C=O) groups is 1. The fourth-order valence-corrected chi connectivity index (χ4v) is 4.72. The minimum absolute atomic E-state index is 0.00453. The first kappa shape index (κ1) is 24.5. The van der Waals surface area contributed by atoms with Crippen LogP contribution in [0.1, 0.15) is 24.1 Å². The highest BCUT2D eigenvalue weighted by molar-refractivity contribution is 7.99. The van der Waals surface area contributed by atoms with Crippen molar-refractivity contribution in [3.63, 3.8) is 0 Å². The Kier molecular flexibility index (Phi) is 8.21. The van der Waals surface area contributed by atoms with Crippen LogP contribution in [0.25, 0.3) is 11.4 Å². The number of thioether (sulfide) groups is 1. The molecule has 1 amide bonds. The summed E-state index contributed by atoms with van der Waals surface area (Å²) in [6.45, 7) is 2.76. The van der Waals surface area contributed by atoms with Crippen molar-refractivity contribution in [2.45, 2.75) is 31.1 Å². The molecule has 0 spiro atoms. The molecule has 0 N–H and O–H groups in total. The van der Waals surface area contributed by atoms with Crippen LogP contribution in [0, 0.1) is 0 Å². The lowest BCUT2D eigenvalue weighted by Gasteiger charge is -2.25. The van der Waals surface area contributed by atoms with Crippen LogP contribution in [0.4, 0.5) is 0 Å². The highest BCUT2D eigenvalue weighted by Gasteiger charge is 2.20. The van der Waals surface area contributed by atoms with Gasteiger partial charge in [0, 0.05) is 19.2 Å². The molecule has 0 radical (unpaired) electrons. The summed E-state index contributed by atoms with van der Waals surface area (Å²) in [5.41, 5.74) is 3.31. The second kappa shape index (κ2) is 11.7. The van der Waals surface area contributed by atoms with Crippen LogP contribution in [-0.2, 0) is 17.8 Å². The first-order valence-corrected chi connectivity index (χ1v) is 12.6. The highest BCUT2D eigenvalue weighted by Crippen LogP contribution is 2.27. The third-order valence-electron chi connectivity index (χ3n) is 6.11. The van der Waals surface area contributed by atoms with Crippen LogP contribution < -0.4 is 4.74 Å². The standard InChI is InChI=1S/C28H30N4O2S/c1-21(23-12-8-5-9-13-23)31(2)26(33)20-35-28-30-29-27(24-14-16-25(34-3)17-15-24)32(28)19-18-22-10-6-4-7-11-22/h4-17,21H,18-20H2,1-3H3. The molecule has 6 nitrogen and oxygen atoms in total. The number of ether oxygens (including phenoxy) is 1. The fraction of sp³-hybridized carbons (Fsp3) is 0.250. The average Bonchev–Trinajstić information content (AvgIpc) is 3.33. The number of rotatable bonds is 10. The van der Waals surface area contributed by atoms with Gasteiger partial charge in [-0.1, -0.05) is 72.4 Å². The van der Waals surface area contributed by atoms with Gasteiger partial charge in [-0.3, -0.25) is 4.79 Å². The van der Waals surface area contributed by atoms with Crippen molar-refractivity contribution in [3.8, 4) is 17.1 Å². The van der Waals surface area contributed by atoms with Crippen LogP contribution >= 0.6 is 11.8 Å². The monoisotopic (exact) mass is 486 g/mol. The van der Waals surface area contributed by atoms with Crippen molar-refractivity contribution in [1.29, 1.82) is 0 Å². The second-order valence-electron chi connectivity index (χ2n) is 8.30. The average molecular weight is 487 g/mol. The van der Waals surface area contributed by atoms with E-state index >= 15 is 0 Å². The number of carbonyl (C=O) groups excluding carboxylic acids is 1. The number of aryl methyl sites for hydroxylation is 1. The smallest absolute Gasteiger partial charge is 0.233 e. The predicted octanol–water partition coefficient (Wildman–Crippen LogP) is 5.51. The van der Waals surface area contributed by atoms with E-state index in [1.54, 1.807) is 12.0 Å². The van der Waals surface area contributed by atoms with Gasteiger partial charge in [0.1, 0.15) is 5.75 Å². The Labute approximate surface area is 211 Å². The molecular weight excluding hydrogens is 456 g/mol. The lowest BCUT2D eigenvalue weighted by Crippen LogP contribution is -2.31. The van der Waals surface area contributed by atoms with E-state index in [1.807, 2.05) is 86.8 Å². The lowest BCUT2D eigenvalue weighted by molar-refractivity contribution is -0.128. The minimum Gasteiger partial charge on any atom is -0.497 e. The number of methoxy groups -OCH3 is 1. The Bertz CT molecular complexity index is 1230. The van der Waals surface area contributed by atoms with Crippen LogP contribution in [0.2, 0.25) is 0 Å². The van der Waals surface area contributed by atoms with Crippen molar-refractivity contribution in [2.24, 2.45) is 0 Å². The maximum atomic E-state index is 13.0. The topological polar surface area (TPSA) is 60.3 Å². The van der Waals surface area contributed by atoms with Gasteiger partial charge in [-0.05, 0) is 48.7 Å². The summed E-state index contributed by atoms with van der Waals surface area (Å²) in [4.78, 5) is 14.8. The predicted molar refractivity (Wildman–Crippen MR) is 141 cm³/mol. The van der Waals surface area contributed by atoms with E-state index in [0.29, 0.717) is 12.3 Å². The molecule has 7 heteroatoms. The Hall–Kier alpha value is -3.58. The first-order chi connectivity index (χ1) is 17.1. The summed E-state index contributed by atoms with van der Waals surface area (Å²) in [5.74, 6) is 1.92. The Morgan fingerprint density at radius 1 is 0.971 bits per heavy atom. The van der Waals surface area contributed by atoms with E-state index in [1.165, 1.54) is 17.3 Å². The molecular formula is C28H30N4O2S. The number of aromatic nitrogens is 3. The zero-order chi connectivity index (χ0) is 24.6. The summed E-state index contributed by atoms with van der Waals surface area (Å²) in [6, 6.07) is 28.2. The maximum Gasteiger partial charge on any atom is 0.233 e. The number of benzene rings is 3. The van der Waals surface area contributed by atoms with Gasteiger partial charge in [-0.2, -0.15) is 0 Å². The van der Waals surface area contributed by atoms with Gasteiger partial charge in [-0.25, -0.2) is 0 Å². The van der Waals surface area contributed by atoms with Crippen molar-refractivity contribution >= 4 is 17.7 Å². The molecule has 0 saturated carbocycles. The summed E-state index contributed by atoms with van der Waals surface area (Å²) in [6.07, 6.45) is 0.842. The summed E-state index contributed by atoms with van der Waals surface area (Å²) >= 11 is 1.43. The molecule has 0 bridgehead atoms.